The maximum absolute atomic E-state index is 11.7. The molecule has 2 saturated heterocycles. The van der Waals surface area contributed by atoms with Crippen molar-refractivity contribution in [1.82, 2.24) is 15.1 Å². The van der Waals surface area contributed by atoms with Crippen LogP contribution in [0.4, 0.5) is 0 Å². The number of piperidine rings is 2. The summed E-state index contributed by atoms with van der Waals surface area (Å²) in [6.07, 6.45) is 3.76. The number of nitrogens with zero attached hydrogens (tertiary/aromatic N) is 2. The molecule has 4 rings (SSSR count). The highest BCUT2D eigenvalue weighted by molar-refractivity contribution is 5.91. The van der Waals surface area contributed by atoms with Crippen LogP contribution in [0.15, 0.2) is 46.9 Å². The first-order chi connectivity index (χ1) is 14.1. The monoisotopic (exact) mass is 395 g/mol. The average Bonchev–Trinajstić information content (AvgIpc) is 3.24. The molecule has 5 nitrogen and oxygen atoms in total. The van der Waals surface area contributed by atoms with Gasteiger partial charge in [-0.1, -0.05) is 37.3 Å². The van der Waals surface area contributed by atoms with Crippen LogP contribution in [0, 0.1) is 5.41 Å². The molecule has 3 heterocycles. The molecule has 0 radical (unpaired) electrons. The summed E-state index contributed by atoms with van der Waals surface area (Å²) >= 11 is 0. The Morgan fingerprint density at radius 1 is 1.14 bits per heavy atom. The van der Waals surface area contributed by atoms with E-state index in [-0.39, 0.29) is 5.91 Å². The minimum Gasteiger partial charge on any atom is -0.455 e. The summed E-state index contributed by atoms with van der Waals surface area (Å²) in [5, 5.41) is 2.61. The zero-order valence-electron chi connectivity index (χ0n) is 17.7. The summed E-state index contributed by atoms with van der Waals surface area (Å²) in [6, 6.07) is 14.8. The molecule has 1 aromatic carbocycles. The minimum atomic E-state index is -0.164. The summed E-state index contributed by atoms with van der Waals surface area (Å²) in [4.78, 5) is 16.8. The Morgan fingerprint density at radius 3 is 2.59 bits per heavy atom. The predicted octanol–water partition coefficient (Wildman–Crippen LogP) is 3.73. The molecule has 2 aliphatic heterocycles. The number of carbonyl (C=O) groups excluding carboxylic acids is 1. The van der Waals surface area contributed by atoms with Crippen molar-refractivity contribution in [3.63, 3.8) is 0 Å². The van der Waals surface area contributed by atoms with Gasteiger partial charge in [-0.15, -0.1) is 0 Å². The SMILES string of the molecule is CCN1C[C@H](c2ccccc2)CC2(CCN(Cc3ccc(C(=O)NC)o3)CC2)C1. The maximum Gasteiger partial charge on any atom is 0.286 e. The standard InChI is InChI=1S/C24H33N3O2/c1-3-26-16-20(19-7-5-4-6-8-19)15-24(18-26)11-13-27(14-12-24)17-21-9-10-22(29-21)23(28)25-2/h4-10,20H,3,11-18H2,1-2H3,(H,25,28)/t20-/m1/s1. The largest absolute Gasteiger partial charge is 0.455 e. The highest BCUT2D eigenvalue weighted by Crippen LogP contribution is 2.45. The first kappa shape index (κ1) is 20.2. The van der Waals surface area contributed by atoms with E-state index in [1.807, 2.05) is 6.07 Å². The van der Waals surface area contributed by atoms with Gasteiger partial charge >= 0.3 is 0 Å². The van der Waals surface area contributed by atoms with E-state index in [9.17, 15) is 4.79 Å². The molecule has 156 valence electrons. The molecule has 2 aliphatic rings. The molecule has 0 saturated carbocycles. The Bertz CT molecular complexity index is 809. The highest BCUT2D eigenvalue weighted by atomic mass is 16.4. The lowest BCUT2D eigenvalue weighted by Gasteiger charge is -2.50. The van der Waals surface area contributed by atoms with E-state index in [1.54, 1.807) is 13.1 Å². The first-order valence-corrected chi connectivity index (χ1v) is 10.9. The Kier molecular flexibility index (Phi) is 6.07. The van der Waals surface area contributed by atoms with E-state index < -0.39 is 0 Å². The van der Waals surface area contributed by atoms with Crippen LogP contribution in [0.3, 0.4) is 0 Å². The van der Waals surface area contributed by atoms with Crippen LogP contribution in [-0.4, -0.2) is 55.5 Å². The van der Waals surface area contributed by atoms with Gasteiger partial charge in [0.2, 0.25) is 0 Å². The van der Waals surface area contributed by atoms with Gasteiger partial charge in [0, 0.05) is 20.1 Å². The Balaban J connectivity index is 1.39. The van der Waals surface area contributed by atoms with Crippen LogP contribution in [0.1, 0.15) is 54.0 Å². The highest BCUT2D eigenvalue weighted by Gasteiger charge is 2.41. The van der Waals surface area contributed by atoms with E-state index in [0.29, 0.717) is 17.1 Å². The second-order valence-electron chi connectivity index (χ2n) is 8.76. The van der Waals surface area contributed by atoms with Crippen molar-refractivity contribution in [3.8, 4) is 0 Å². The molecule has 1 N–H and O–H groups in total. The van der Waals surface area contributed by atoms with Crippen molar-refractivity contribution < 1.29 is 9.21 Å². The summed E-state index contributed by atoms with van der Waals surface area (Å²) in [7, 11) is 1.63. The summed E-state index contributed by atoms with van der Waals surface area (Å²) < 4.78 is 5.72. The smallest absolute Gasteiger partial charge is 0.286 e. The van der Waals surface area contributed by atoms with Gasteiger partial charge in [-0.2, -0.15) is 0 Å². The number of nitrogens with one attached hydrogen (secondary N) is 1. The van der Waals surface area contributed by atoms with E-state index in [0.717, 1.165) is 31.9 Å². The van der Waals surface area contributed by atoms with Gasteiger partial charge in [-0.3, -0.25) is 9.69 Å². The summed E-state index contributed by atoms with van der Waals surface area (Å²) in [5.74, 6) is 1.74. The molecule has 1 atom stereocenters. The summed E-state index contributed by atoms with van der Waals surface area (Å²) in [6.45, 7) is 8.79. The van der Waals surface area contributed by atoms with Crippen molar-refractivity contribution in [2.75, 3.05) is 39.8 Å². The maximum atomic E-state index is 11.7. The van der Waals surface area contributed by atoms with E-state index in [2.05, 4.69) is 52.4 Å². The number of likely N-dealkylation sites (tertiary alicyclic amines) is 2. The van der Waals surface area contributed by atoms with Crippen LogP contribution in [-0.2, 0) is 6.54 Å². The van der Waals surface area contributed by atoms with Crippen molar-refractivity contribution in [2.24, 2.45) is 5.41 Å². The number of likely N-dealkylation sites (N-methyl/N-ethyl adjacent to an activating group) is 1. The van der Waals surface area contributed by atoms with Gasteiger partial charge < -0.3 is 14.6 Å². The molecule has 2 aromatic rings. The minimum absolute atomic E-state index is 0.164. The van der Waals surface area contributed by atoms with E-state index >= 15 is 0 Å². The molecule has 0 bridgehead atoms. The van der Waals surface area contributed by atoms with Gasteiger partial charge in [0.1, 0.15) is 5.76 Å². The molecular weight excluding hydrogens is 362 g/mol. The fraction of sp³-hybridized carbons (Fsp3) is 0.542. The Labute approximate surface area is 174 Å². The molecule has 1 amide bonds. The summed E-state index contributed by atoms with van der Waals surface area (Å²) in [5.41, 5.74) is 1.91. The normalized spacial score (nSPS) is 22.6. The third-order valence-electron chi connectivity index (χ3n) is 6.84. The van der Waals surface area contributed by atoms with Crippen LogP contribution in [0.5, 0.6) is 0 Å². The lowest BCUT2D eigenvalue weighted by Crippen LogP contribution is -2.51. The molecule has 1 spiro atoms. The second kappa shape index (κ2) is 8.72. The van der Waals surface area contributed by atoms with Gasteiger partial charge in [0.15, 0.2) is 5.76 Å². The van der Waals surface area contributed by atoms with Crippen LogP contribution < -0.4 is 5.32 Å². The van der Waals surface area contributed by atoms with Crippen molar-refractivity contribution in [1.29, 1.82) is 0 Å². The van der Waals surface area contributed by atoms with Gasteiger partial charge in [0.25, 0.3) is 5.91 Å². The number of rotatable bonds is 5. The number of carbonyl (C=O) groups is 1. The number of hydrogen-bond donors (Lipinski definition) is 1. The van der Waals surface area contributed by atoms with Crippen LogP contribution >= 0.6 is 0 Å². The second-order valence-corrected chi connectivity index (χ2v) is 8.76. The van der Waals surface area contributed by atoms with Gasteiger partial charge in [-0.05, 0) is 67.9 Å². The van der Waals surface area contributed by atoms with Crippen molar-refractivity contribution in [2.45, 2.75) is 38.6 Å². The number of furan rings is 1. The number of amides is 1. The Morgan fingerprint density at radius 2 is 1.90 bits per heavy atom. The van der Waals surface area contributed by atoms with Gasteiger partial charge in [0.05, 0.1) is 6.54 Å². The van der Waals surface area contributed by atoms with Gasteiger partial charge in [-0.25, -0.2) is 0 Å². The third kappa shape index (κ3) is 4.57. The number of hydrogen-bond acceptors (Lipinski definition) is 4. The lowest BCUT2D eigenvalue weighted by molar-refractivity contribution is 0.0121. The van der Waals surface area contributed by atoms with E-state index in [4.69, 9.17) is 4.42 Å². The molecular formula is C24H33N3O2. The first-order valence-electron chi connectivity index (χ1n) is 10.9. The van der Waals surface area contributed by atoms with Crippen molar-refractivity contribution >= 4 is 5.91 Å². The van der Waals surface area contributed by atoms with Crippen LogP contribution in [0.2, 0.25) is 0 Å². The molecule has 29 heavy (non-hydrogen) atoms. The fourth-order valence-corrected chi connectivity index (χ4v) is 5.17. The predicted molar refractivity (Wildman–Crippen MR) is 115 cm³/mol. The van der Waals surface area contributed by atoms with E-state index in [1.165, 1.54) is 37.9 Å². The third-order valence-corrected chi connectivity index (χ3v) is 6.84. The molecule has 2 fully saturated rings. The van der Waals surface area contributed by atoms with Crippen LogP contribution in [0.25, 0.3) is 0 Å². The fourth-order valence-electron chi connectivity index (χ4n) is 5.17. The molecule has 0 unspecified atom stereocenters. The lowest BCUT2D eigenvalue weighted by atomic mass is 9.68. The topological polar surface area (TPSA) is 48.7 Å². The van der Waals surface area contributed by atoms with Crippen molar-refractivity contribution in [3.05, 3.63) is 59.5 Å². The molecule has 0 aliphatic carbocycles. The zero-order valence-corrected chi connectivity index (χ0v) is 17.7. The molecule has 5 heteroatoms. The quantitative estimate of drug-likeness (QED) is 0.838. The Hall–Kier alpha value is -2.11. The number of benzene rings is 1. The molecule has 1 aromatic heterocycles. The average molecular weight is 396 g/mol. The zero-order chi connectivity index (χ0) is 20.3.